The molecule has 2 aromatic heterocycles. The first-order chi connectivity index (χ1) is 9.56. The molecule has 0 fully saturated rings. The minimum Gasteiger partial charge on any atom is -0.301 e. The molecule has 100 valence electrons. The van der Waals surface area contributed by atoms with Crippen molar-refractivity contribution >= 4 is 34.5 Å². The van der Waals surface area contributed by atoms with E-state index in [1.165, 1.54) is 6.07 Å². The fraction of sp³-hybridized carbons (Fsp3) is 0. The number of rotatable bonds is 2. The van der Waals surface area contributed by atoms with Gasteiger partial charge in [0.15, 0.2) is 0 Å². The van der Waals surface area contributed by atoms with Gasteiger partial charge in [-0.3, -0.25) is 10.1 Å². The summed E-state index contributed by atoms with van der Waals surface area (Å²) >= 11 is 12.0. The van der Waals surface area contributed by atoms with Gasteiger partial charge in [0.1, 0.15) is 0 Å². The van der Waals surface area contributed by atoms with Gasteiger partial charge >= 0.3 is 5.69 Å². The third-order valence-corrected chi connectivity index (χ3v) is 3.41. The van der Waals surface area contributed by atoms with E-state index in [2.05, 4.69) is 4.98 Å². The first-order valence-corrected chi connectivity index (χ1v) is 6.39. The smallest absolute Gasteiger partial charge is 0.301 e. The molecular formula is C13H7Cl2N3O2. The molecule has 5 nitrogen and oxygen atoms in total. The number of benzene rings is 1. The maximum absolute atomic E-state index is 11.0. The third kappa shape index (κ3) is 2.11. The molecule has 0 aliphatic heterocycles. The maximum atomic E-state index is 11.0. The van der Waals surface area contributed by atoms with Crippen LogP contribution in [0.25, 0.3) is 16.9 Å². The topological polar surface area (TPSA) is 60.4 Å². The Bertz CT molecular complexity index is 830. The minimum atomic E-state index is -0.463. The van der Waals surface area contributed by atoms with Crippen molar-refractivity contribution in [1.29, 1.82) is 0 Å². The van der Waals surface area contributed by atoms with E-state index in [0.29, 0.717) is 21.3 Å². The first kappa shape index (κ1) is 12.9. The van der Waals surface area contributed by atoms with Crippen molar-refractivity contribution in [2.24, 2.45) is 0 Å². The lowest BCUT2D eigenvalue weighted by Gasteiger charge is -2.00. The molecule has 0 amide bonds. The molecule has 0 aliphatic carbocycles. The Hall–Kier alpha value is -2.11. The summed E-state index contributed by atoms with van der Waals surface area (Å²) in [5.74, 6) is 0. The molecule has 1 aromatic carbocycles. The average molecular weight is 308 g/mol. The second-order valence-electron chi connectivity index (χ2n) is 4.13. The van der Waals surface area contributed by atoms with Crippen molar-refractivity contribution in [3.05, 3.63) is 62.9 Å². The first-order valence-electron chi connectivity index (χ1n) is 5.64. The highest BCUT2D eigenvalue weighted by atomic mass is 35.5. The fourth-order valence-corrected chi connectivity index (χ4v) is 2.47. The number of hydrogen-bond acceptors (Lipinski definition) is 3. The van der Waals surface area contributed by atoms with Gasteiger partial charge in [-0.1, -0.05) is 23.2 Å². The van der Waals surface area contributed by atoms with Crippen molar-refractivity contribution in [1.82, 2.24) is 9.38 Å². The zero-order valence-electron chi connectivity index (χ0n) is 9.96. The van der Waals surface area contributed by atoms with E-state index in [4.69, 9.17) is 23.2 Å². The van der Waals surface area contributed by atoms with Gasteiger partial charge in [-0.15, -0.1) is 0 Å². The van der Waals surface area contributed by atoms with Crippen LogP contribution in [0.5, 0.6) is 0 Å². The van der Waals surface area contributed by atoms with Crippen LogP contribution in [-0.2, 0) is 0 Å². The van der Waals surface area contributed by atoms with Crippen LogP contribution < -0.4 is 0 Å². The Balaban J connectivity index is 2.23. The van der Waals surface area contributed by atoms with Crippen LogP contribution >= 0.6 is 23.2 Å². The Morgan fingerprint density at radius 1 is 1.25 bits per heavy atom. The second kappa shape index (κ2) is 4.77. The van der Waals surface area contributed by atoms with Gasteiger partial charge in [-0.2, -0.15) is 0 Å². The molecule has 0 N–H and O–H groups in total. The largest absolute Gasteiger partial charge is 0.312 e. The molecule has 0 radical (unpaired) electrons. The molecule has 20 heavy (non-hydrogen) atoms. The van der Waals surface area contributed by atoms with Crippen molar-refractivity contribution in [3.63, 3.8) is 0 Å². The van der Waals surface area contributed by atoms with E-state index in [0.717, 1.165) is 0 Å². The Labute approximate surface area is 123 Å². The molecule has 0 saturated carbocycles. The molecule has 3 aromatic rings. The fourth-order valence-electron chi connectivity index (χ4n) is 1.97. The van der Waals surface area contributed by atoms with Crippen LogP contribution in [0.1, 0.15) is 0 Å². The summed E-state index contributed by atoms with van der Waals surface area (Å²) in [7, 11) is 0. The Kier molecular flexibility index (Phi) is 3.08. The monoisotopic (exact) mass is 307 g/mol. The standard InChI is InChI=1S/C13H7Cl2N3O2/c14-8-3-4-9(10(15)6-8)11-7-17-5-1-2-12(18(19)20)13(17)16-11/h1-7H. The van der Waals surface area contributed by atoms with Crippen molar-refractivity contribution in [2.45, 2.75) is 0 Å². The number of imidazole rings is 1. The lowest BCUT2D eigenvalue weighted by molar-refractivity contribution is -0.383. The molecule has 0 atom stereocenters. The van der Waals surface area contributed by atoms with Gasteiger partial charge < -0.3 is 4.40 Å². The quantitative estimate of drug-likeness (QED) is 0.526. The molecular weight excluding hydrogens is 301 g/mol. The van der Waals surface area contributed by atoms with Gasteiger partial charge in [0.2, 0.25) is 5.65 Å². The van der Waals surface area contributed by atoms with Crippen molar-refractivity contribution < 1.29 is 4.92 Å². The number of nitrogens with zero attached hydrogens (tertiary/aromatic N) is 3. The number of fused-ring (bicyclic) bond motifs is 1. The zero-order chi connectivity index (χ0) is 14.3. The predicted molar refractivity (Wildman–Crippen MR) is 77.3 cm³/mol. The molecule has 0 bridgehead atoms. The summed E-state index contributed by atoms with van der Waals surface area (Å²) in [6.07, 6.45) is 3.39. The van der Waals surface area contributed by atoms with Crippen molar-refractivity contribution in [3.8, 4) is 11.3 Å². The van der Waals surface area contributed by atoms with Crippen LogP contribution in [0.3, 0.4) is 0 Å². The molecule has 0 spiro atoms. The third-order valence-electron chi connectivity index (χ3n) is 2.87. The molecule has 3 rings (SSSR count). The zero-order valence-corrected chi connectivity index (χ0v) is 11.5. The second-order valence-corrected chi connectivity index (χ2v) is 4.98. The number of pyridine rings is 1. The maximum Gasteiger partial charge on any atom is 0.312 e. The van der Waals surface area contributed by atoms with E-state index >= 15 is 0 Å². The Morgan fingerprint density at radius 2 is 2.05 bits per heavy atom. The highest BCUT2D eigenvalue weighted by Crippen LogP contribution is 2.31. The molecule has 0 unspecified atom stereocenters. The number of nitro groups is 1. The summed E-state index contributed by atoms with van der Waals surface area (Å²) in [6, 6.07) is 8.05. The molecule has 2 heterocycles. The Morgan fingerprint density at radius 3 is 2.75 bits per heavy atom. The average Bonchev–Trinajstić information content (AvgIpc) is 2.81. The number of aromatic nitrogens is 2. The highest BCUT2D eigenvalue weighted by Gasteiger charge is 2.16. The summed E-state index contributed by atoms with van der Waals surface area (Å²) in [5.41, 5.74) is 1.46. The summed E-state index contributed by atoms with van der Waals surface area (Å²) in [6.45, 7) is 0. The van der Waals surface area contributed by atoms with Crippen LogP contribution in [0.2, 0.25) is 10.0 Å². The van der Waals surface area contributed by atoms with Crippen LogP contribution in [-0.4, -0.2) is 14.3 Å². The summed E-state index contributed by atoms with van der Waals surface area (Å²) in [5, 5.41) is 12.0. The van der Waals surface area contributed by atoms with Gasteiger partial charge in [-0.25, -0.2) is 4.98 Å². The summed E-state index contributed by atoms with van der Waals surface area (Å²) < 4.78 is 1.60. The van der Waals surface area contributed by atoms with Crippen molar-refractivity contribution in [2.75, 3.05) is 0 Å². The van der Waals surface area contributed by atoms with Gasteiger partial charge in [-0.05, 0) is 24.3 Å². The van der Waals surface area contributed by atoms with Gasteiger partial charge in [0, 0.05) is 29.0 Å². The molecule has 0 saturated heterocycles. The van der Waals surface area contributed by atoms with Gasteiger partial charge in [0.25, 0.3) is 0 Å². The lowest BCUT2D eigenvalue weighted by Crippen LogP contribution is -1.92. The van der Waals surface area contributed by atoms with E-state index in [-0.39, 0.29) is 11.3 Å². The van der Waals surface area contributed by atoms with Crippen LogP contribution in [0.15, 0.2) is 42.7 Å². The van der Waals surface area contributed by atoms with Crippen LogP contribution in [0.4, 0.5) is 5.69 Å². The normalized spacial score (nSPS) is 10.9. The minimum absolute atomic E-state index is 0.0520. The molecule has 7 heteroatoms. The number of hydrogen-bond donors (Lipinski definition) is 0. The van der Waals surface area contributed by atoms with Crippen LogP contribution in [0, 0.1) is 10.1 Å². The van der Waals surface area contributed by atoms with E-state index in [1.54, 1.807) is 41.1 Å². The van der Waals surface area contributed by atoms with E-state index in [9.17, 15) is 10.1 Å². The predicted octanol–water partition coefficient (Wildman–Crippen LogP) is 4.22. The molecule has 0 aliphatic rings. The summed E-state index contributed by atoms with van der Waals surface area (Å²) in [4.78, 5) is 14.8. The number of halogens is 2. The van der Waals surface area contributed by atoms with E-state index in [1.807, 2.05) is 0 Å². The van der Waals surface area contributed by atoms with E-state index < -0.39 is 4.92 Å². The van der Waals surface area contributed by atoms with Gasteiger partial charge in [0.05, 0.1) is 15.6 Å². The highest BCUT2D eigenvalue weighted by molar-refractivity contribution is 6.36. The lowest BCUT2D eigenvalue weighted by atomic mass is 10.2. The SMILES string of the molecule is O=[N+]([O-])c1cccn2cc(-c3ccc(Cl)cc3Cl)nc12.